The Morgan fingerprint density at radius 2 is 1.48 bits per heavy atom. The second-order valence-corrected chi connectivity index (χ2v) is 4.76. The summed E-state index contributed by atoms with van der Waals surface area (Å²) in [6.45, 7) is 3.83. The summed E-state index contributed by atoms with van der Waals surface area (Å²) < 4.78 is 15.7. The number of hydrogen-bond donors (Lipinski definition) is 0. The lowest BCUT2D eigenvalue weighted by atomic mass is 10.1. The van der Waals surface area contributed by atoms with Crippen LogP contribution in [0.15, 0.2) is 42.5 Å². The molecule has 0 amide bonds. The molecule has 0 fully saturated rings. The van der Waals surface area contributed by atoms with Crippen molar-refractivity contribution in [3.8, 4) is 17.2 Å². The van der Waals surface area contributed by atoms with Gasteiger partial charge in [-0.25, -0.2) is 4.79 Å². The van der Waals surface area contributed by atoms with Gasteiger partial charge in [-0.3, -0.25) is 0 Å². The molecular weight excluding hydrogens is 268 g/mol. The highest BCUT2D eigenvalue weighted by Gasteiger charge is 2.07. The van der Waals surface area contributed by atoms with Gasteiger partial charge in [0.25, 0.3) is 0 Å². The zero-order valence-corrected chi connectivity index (χ0v) is 12.4. The van der Waals surface area contributed by atoms with Gasteiger partial charge in [-0.2, -0.15) is 0 Å². The zero-order chi connectivity index (χ0) is 15.2. The van der Waals surface area contributed by atoms with Crippen LogP contribution in [0.1, 0.15) is 11.1 Å². The van der Waals surface area contributed by atoms with E-state index in [1.54, 1.807) is 31.4 Å². The summed E-state index contributed by atoms with van der Waals surface area (Å²) in [6.07, 6.45) is 0. The average molecular weight is 286 g/mol. The van der Waals surface area contributed by atoms with E-state index in [2.05, 4.69) is 0 Å². The molecule has 2 rings (SSSR count). The molecule has 0 saturated heterocycles. The van der Waals surface area contributed by atoms with E-state index in [0.717, 1.165) is 11.1 Å². The molecule has 2 aromatic carbocycles. The number of aryl methyl sites for hydroxylation is 2. The highest BCUT2D eigenvalue weighted by atomic mass is 16.6. The van der Waals surface area contributed by atoms with E-state index >= 15 is 0 Å². The van der Waals surface area contributed by atoms with Gasteiger partial charge in [0, 0.05) is 0 Å². The van der Waals surface area contributed by atoms with Crippen molar-refractivity contribution in [3.63, 3.8) is 0 Å². The van der Waals surface area contributed by atoms with Crippen molar-refractivity contribution in [1.82, 2.24) is 0 Å². The number of hydrogen-bond acceptors (Lipinski definition) is 4. The Labute approximate surface area is 124 Å². The van der Waals surface area contributed by atoms with Crippen LogP contribution in [0.2, 0.25) is 0 Å². The number of methoxy groups -OCH3 is 1. The molecule has 0 aliphatic rings. The smallest absolute Gasteiger partial charge is 0.349 e. The lowest BCUT2D eigenvalue weighted by Gasteiger charge is -2.08. The molecule has 0 aromatic heterocycles. The van der Waals surface area contributed by atoms with E-state index in [4.69, 9.17) is 14.2 Å². The van der Waals surface area contributed by atoms with Crippen molar-refractivity contribution in [1.29, 1.82) is 0 Å². The van der Waals surface area contributed by atoms with Crippen LogP contribution in [0, 0.1) is 13.8 Å². The summed E-state index contributed by atoms with van der Waals surface area (Å²) >= 11 is 0. The van der Waals surface area contributed by atoms with E-state index < -0.39 is 5.97 Å². The summed E-state index contributed by atoms with van der Waals surface area (Å²) in [5, 5.41) is 0. The van der Waals surface area contributed by atoms with Crippen LogP contribution in [0.3, 0.4) is 0 Å². The van der Waals surface area contributed by atoms with Gasteiger partial charge >= 0.3 is 5.97 Å². The SMILES string of the molecule is COc1ccc(OC(=O)COc2cc(C)cc(C)c2)cc1. The first-order valence-electron chi connectivity index (χ1n) is 6.62. The first-order valence-corrected chi connectivity index (χ1v) is 6.62. The number of carbonyl (C=O) groups excluding carboxylic acids is 1. The van der Waals surface area contributed by atoms with Crippen LogP contribution in [-0.4, -0.2) is 19.7 Å². The van der Waals surface area contributed by atoms with E-state index in [0.29, 0.717) is 17.2 Å². The normalized spacial score (nSPS) is 10.0. The molecule has 0 bridgehead atoms. The molecular formula is C17H18O4. The summed E-state index contributed by atoms with van der Waals surface area (Å²) in [6, 6.07) is 12.6. The molecule has 2 aromatic rings. The second kappa shape index (κ2) is 6.79. The summed E-state index contributed by atoms with van der Waals surface area (Å²) in [7, 11) is 1.58. The van der Waals surface area contributed by atoms with E-state index in [9.17, 15) is 4.79 Å². The Bertz CT molecular complexity index is 597. The fourth-order valence-electron chi connectivity index (χ4n) is 1.96. The van der Waals surface area contributed by atoms with Crippen LogP contribution < -0.4 is 14.2 Å². The van der Waals surface area contributed by atoms with Crippen molar-refractivity contribution in [2.75, 3.05) is 13.7 Å². The van der Waals surface area contributed by atoms with Gasteiger partial charge in [-0.15, -0.1) is 0 Å². The van der Waals surface area contributed by atoms with Crippen molar-refractivity contribution < 1.29 is 19.0 Å². The highest BCUT2D eigenvalue weighted by Crippen LogP contribution is 2.18. The highest BCUT2D eigenvalue weighted by molar-refractivity contribution is 5.74. The quantitative estimate of drug-likeness (QED) is 0.625. The van der Waals surface area contributed by atoms with Crippen molar-refractivity contribution in [2.45, 2.75) is 13.8 Å². The van der Waals surface area contributed by atoms with Gasteiger partial charge in [-0.05, 0) is 61.4 Å². The number of ether oxygens (including phenoxy) is 3. The maximum Gasteiger partial charge on any atom is 0.349 e. The minimum absolute atomic E-state index is 0.130. The fourth-order valence-corrected chi connectivity index (χ4v) is 1.96. The van der Waals surface area contributed by atoms with Crippen LogP contribution in [0.5, 0.6) is 17.2 Å². The van der Waals surface area contributed by atoms with E-state index in [1.807, 2.05) is 32.0 Å². The van der Waals surface area contributed by atoms with Gasteiger partial charge in [0.1, 0.15) is 17.2 Å². The Morgan fingerprint density at radius 1 is 0.905 bits per heavy atom. The van der Waals surface area contributed by atoms with Gasteiger partial charge in [0.05, 0.1) is 7.11 Å². The first kappa shape index (κ1) is 14.9. The Hall–Kier alpha value is -2.49. The van der Waals surface area contributed by atoms with Gasteiger partial charge in [0.2, 0.25) is 0 Å². The maximum atomic E-state index is 11.7. The lowest BCUT2D eigenvalue weighted by Crippen LogP contribution is -2.17. The van der Waals surface area contributed by atoms with Gasteiger partial charge in [-0.1, -0.05) is 6.07 Å². The van der Waals surface area contributed by atoms with Crippen LogP contribution in [0.25, 0.3) is 0 Å². The zero-order valence-electron chi connectivity index (χ0n) is 12.4. The summed E-state index contributed by atoms with van der Waals surface area (Å²) in [4.78, 5) is 11.7. The van der Waals surface area contributed by atoms with Gasteiger partial charge < -0.3 is 14.2 Å². The van der Waals surface area contributed by atoms with Crippen molar-refractivity contribution >= 4 is 5.97 Å². The second-order valence-electron chi connectivity index (χ2n) is 4.76. The predicted octanol–water partition coefficient (Wildman–Crippen LogP) is 3.30. The number of carbonyl (C=O) groups is 1. The lowest BCUT2D eigenvalue weighted by molar-refractivity contribution is -0.136. The Kier molecular flexibility index (Phi) is 4.82. The fraction of sp³-hybridized carbons (Fsp3) is 0.235. The monoisotopic (exact) mass is 286 g/mol. The van der Waals surface area contributed by atoms with Crippen LogP contribution in [-0.2, 0) is 4.79 Å². The molecule has 0 unspecified atom stereocenters. The third-order valence-electron chi connectivity index (χ3n) is 2.84. The molecule has 0 saturated carbocycles. The molecule has 0 N–H and O–H groups in total. The third-order valence-corrected chi connectivity index (χ3v) is 2.84. The minimum atomic E-state index is -0.445. The third kappa shape index (κ3) is 4.53. The molecule has 0 aliphatic carbocycles. The number of esters is 1. The molecule has 0 radical (unpaired) electrons. The Balaban J connectivity index is 1.89. The van der Waals surface area contributed by atoms with E-state index in [-0.39, 0.29) is 6.61 Å². The molecule has 4 nitrogen and oxygen atoms in total. The molecule has 0 heterocycles. The number of rotatable bonds is 5. The summed E-state index contributed by atoms with van der Waals surface area (Å²) in [5.74, 6) is 1.39. The number of benzene rings is 2. The molecule has 0 aliphatic heterocycles. The standard InChI is InChI=1S/C17H18O4/c1-12-8-13(2)10-16(9-12)20-11-17(18)21-15-6-4-14(19-3)5-7-15/h4-10H,11H2,1-3H3. The molecule has 0 atom stereocenters. The minimum Gasteiger partial charge on any atom is -0.497 e. The predicted molar refractivity (Wildman–Crippen MR) is 80.0 cm³/mol. The molecule has 21 heavy (non-hydrogen) atoms. The van der Waals surface area contributed by atoms with Gasteiger partial charge in [0.15, 0.2) is 6.61 Å². The summed E-state index contributed by atoms with van der Waals surface area (Å²) in [5.41, 5.74) is 2.18. The van der Waals surface area contributed by atoms with Crippen molar-refractivity contribution in [2.24, 2.45) is 0 Å². The Morgan fingerprint density at radius 3 is 2.05 bits per heavy atom. The largest absolute Gasteiger partial charge is 0.497 e. The molecule has 4 heteroatoms. The molecule has 110 valence electrons. The van der Waals surface area contributed by atoms with Crippen LogP contribution >= 0.6 is 0 Å². The van der Waals surface area contributed by atoms with Crippen LogP contribution in [0.4, 0.5) is 0 Å². The molecule has 0 spiro atoms. The topological polar surface area (TPSA) is 44.8 Å². The van der Waals surface area contributed by atoms with Crippen molar-refractivity contribution in [3.05, 3.63) is 53.6 Å². The maximum absolute atomic E-state index is 11.7. The average Bonchev–Trinajstić information content (AvgIpc) is 2.45. The van der Waals surface area contributed by atoms with E-state index in [1.165, 1.54) is 0 Å². The first-order chi connectivity index (χ1) is 10.1.